The van der Waals surface area contributed by atoms with Crippen molar-refractivity contribution in [1.82, 2.24) is 4.90 Å². The molecule has 0 aliphatic carbocycles. The monoisotopic (exact) mass is 373 g/mol. The zero-order chi connectivity index (χ0) is 18.1. The van der Waals surface area contributed by atoms with E-state index in [1.807, 2.05) is 42.5 Å². The Hall–Kier alpha value is -2.24. The summed E-state index contributed by atoms with van der Waals surface area (Å²) < 4.78 is 11.8. The molecule has 0 saturated carbocycles. The molecule has 2 aliphatic rings. The van der Waals surface area contributed by atoms with E-state index in [9.17, 15) is 4.79 Å². The number of likely N-dealkylation sites (tertiary alicyclic amines) is 1. The molecule has 1 fully saturated rings. The molecule has 26 heavy (non-hydrogen) atoms. The van der Waals surface area contributed by atoms with Gasteiger partial charge in [0.2, 0.25) is 0 Å². The molecule has 6 heteroatoms. The maximum Gasteiger partial charge on any atom is 0.309 e. The summed E-state index contributed by atoms with van der Waals surface area (Å²) in [5, 5.41) is 9.70. The molecule has 2 aliphatic heterocycles. The summed E-state index contributed by atoms with van der Waals surface area (Å²) in [4.78, 5) is 13.1. The quantitative estimate of drug-likeness (QED) is 0.871. The number of carboxylic acids is 1. The number of rotatable bonds is 5. The molecular formula is C20H20ClNO4. The predicted octanol–water partition coefficient (Wildman–Crippen LogP) is 3.24. The van der Waals surface area contributed by atoms with Crippen LogP contribution in [0.25, 0.3) is 0 Å². The van der Waals surface area contributed by atoms with Crippen LogP contribution in [-0.4, -0.2) is 41.7 Å². The third kappa shape index (κ3) is 3.50. The number of hydrogen-bond donors (Lipinski definition) is 1. The SMILES string of the molecule is O=C(O)C1CN(C2COc3cc(OCc4ccccc4Cl)ccc3C2)C1. The molecule has 136 valence electrons. The highest BCUT2D eigenvalue weighted by Crippen LogP contribution is 2.33. The minimum absolute atomic E-state index is 0.239. The van der Waals surface area contributed by atoms with Crippen molar-refractivity contribution in [3.05, 3.63) is 58.6 Å². The lowest BCUT2D eigenvalue weighted by Crippen LogP contribution is -2.57. The van der Waals surface area contributed by atoms with E-state index in [2.05, 4.69) is 4.90 Å². The van der Waals surface area contributed by atoms with Gasteiger partial charge in [-0.1, -0.05) is 35.9 Å². The van der Waals surface area contributed by atoms with Crippen LogP contribution in [0, 0.1) is 5.92 Å². The first kappa shape index (κ1) is 17.2. The zero-order valence-corrected chi connectivity index (χ0v) is 15.0. The zero-order valence-electron chi connectivity index (χ0n) is 14.2. The maximum absolute atomic E-state index is 11.0. The summed E-state index contributed by atoms with van der Waals surface area (Å²) in [6, 6.07) is 13.7. The van der Waals surface area contributed by atoms with Gasteiger partial charge in [0.1, 0.15) is 24.7 Å². The highest BCUT2D eigenvalue weighted by Gasteiger charge is 2.38. The smallest absolute Gasteiger partial charge is 0.309 e. The normalized spacial score (nSPS) is 20.0. The topological polar surface area (TPSA) is 59.0 Å². The molecule has 2 heterocycles. The first-order valence-electron chi connectivity index (χ1n) is 8.69. The number of benzene rings is 2. The molecule has 2 aromatic carbocycles. The van der Waals surface area contributed by atoms with Crippen LogP contribution in [-0.2, 0) is 17.8 Å². The van der Waals surface area contributed by atoms with Crippen LogP contribution in [0.15, 0.2) is 42.5 Å². The number of carboxylic acid groups (broad SMARTS) is 1. The number of nitrogens with zero attached hydrogens (tertiary/aromatic N) is 1. The number of hydrogen-bond acceptors (Lipinski definition) is 4. The number of fused-ring (bicyclic) bond motifs is 1. The van der Waals surface area contributed by atoms with Gasteiger partial charge in [0.05, 0.1) is 5.92 Å². The molecule has 0 bridgehead atoms. The van der Waals surface area contributed by atoms with Crippen molar-refractivity contribution in [2.45, 2.75) is 19.1 Å². The van der Waals surface area contributed by atoms with Gasteiger partial charge < -0.3 is 14.6 Å². The largest absolute Gasteiger partial charge is 0.492 e. The highest BCUT2D eigenvalue weighted by molar-refractivity contribution is 6.31. The Morgan fingerprint density at radius 2 is 2.08 bits per heavy atom. The van der Waals surface area contributed by atoms with E-state index in [1.54, 1.807) is 0 Å². The van der Waals surface area contributed by atoms with Crippen molar-refractivity contribution in [3.8, 4) is 11.5 Å². The van der Waals surface area contributed by atoms with Crippen LogP contribution < -0.4 is 9.47 Å². The van der Waals surface area contributed by atoms with Crippen molar-refractivity contribution in [2.75, 3.05) is 19.7 Å². The molecule has 2 aromatic rings. The first-order valence-corrected chi connectivity index (χ1v) is 9.07. The second-order valence-electron chi connectivity index (χ2n) is 6.81. The van der Waals surface area contributed by atoms with E-state index in [0.29, 0.717) is 31.3 Å². The van der Waals surface area contributed by atoms with Crippen molar-refractivity contribution in [2.24, 2.45) is 5.92 Å². The molecule has 1 atom stereocenters. The molecular weight excluding hydrogens is 354 g/mol. The van der Waals surface area contributed by atoms with Crippen LogP contribution in [0.3, 0.4) is 0 Å². The Morgan fingerprint density at radius 3 is 2.85 bits per heavy atom. The molecule has 4 rings (SSSR count). The van der Waals surface area contributed by atoms with Gasteiger partial charge in [-0.25, -0.2) is 0 Å². The summed E-state index contributed by atoms with van der Waals surface area (Å²) in [6.45, 7) is 2.20. The van der Waals surface area contributed by atoms with E-state index in [-0.39, 0.29) is 12.0 Å². The number of aliphatic carboxylic acids is 1. The van der Waals surface area contributed by atoms with E-state index in [1.165, 1.54) is 0 Å². The molecule has 0 amide bonds. The van der Waals surface area contributed by atoms with E-state index >= 15 is 0 Å². The molecule has 1 unspecified atom stereocenters. The maximum atomic E-state index is 11.0. The summed E-state index contributed by atoms with van der Waals surface area (Å²) >= 11 is 6.15. The average molecular weight is 374 g/mol. The van der Waals surface area contributed by atoms with E-state index < -0.39 is 5.97 Å². The number of carbonyl (C=O) groups is 1. The standard InChI is InChI=1S/C20H20ClNO4/c21-18-4-2-1-3-14(18)11-25-17-6-5-13-7-16(12-26-19(13)8-17)22-9-15(10-22)20(23)24/h1-6,8,15-16H,7,9-12H2,(H,23,24). The van der Waals surface area contributed by atoms with Gasteiger partial charge in [-0.3, -0.25) is 9.69 Å². The molecule has 1 saturated heterocycles. The van der Waals surface area contributed by atoms with Crippen LogP contribution in [0.2, 0.25) is 5.02 Å². The van der Waals surface area contributed by atoms with Gasteiger partial charge >= 0.3 is 5.97 Å². The molecule has 0 spiro atoms. The lowest BCUT2D eigenvalue weighted by molar-refractivity contribution is -0.149. The van der Waals surface area contributed by atoms with Gasteiger partial charge in [-0.15, -0.1) is 0 Å². The van der Waals surface area contributed by atoms with Gasteiger partial charge in [-0.05, 0) is 24.1 Å². The lowest BCUT2D eigenvalue weighted by Gasteiger charge is -2.43. The summed E-state index contributed by atoms with van der Waals surface area (Å²) in [5.41, 5.74) is 2.07. The summed E-state index contributed by atoms with van der Waals surface area (Å²) in [5.74, 6) is 0.640. The Balaban J connectivity index is 1.37. The predicted molar refractivity (Wildman–Crippen MR) is 97.9 cm³/mol. The molecule has 1 N–H and O–H groups in total. The Kier molecular flexibility index (Phi) is 4.74. The summed E-state index contributed by atoms with van der Waals surface area (Å²) in [6.07, 6.45) is 0.868. The number of halogens is 1. The van der Waals surface area contributed by atoms with Gasteiger partial charge in [0.15, 0.2) is 0 Å². The van der Waals surface area contributed by atoms with Crippen LogP contribution in [0.5, 0.6) is 11.5 Å². The Labute approximate surface area is 157 Å². The Morgan fingerprint density at radius 1 is 1.27 bits per heavy atom. The fraction of sp³-hybridized carbons (Fsp3) is 0.350. The van der Waals surface area contributed by atoms with Gasteiger partial charge in [0, 0.05) is 35.8 Å². The average Bonchev–Trinajstić information content (AvgIpc) is 2.59. The van der Waals surface area contributed by atoms with Crippen LogP contribution in [0.1, 0.15) is 11.1 Å². The van der Waals surface area contributed by atoms with Crippen molar-refractivity contribution in [1.29, 1.82) is 0 Å². The van der Waals surface area contributed by atoms with Crippen molar-refractivity contribution >= 4 is 17.6 Å². The third-order valence-corrected chi connectivity index (χ3v) is 5.42. The van der Waals surface area contributed by atoms with Gasteiger partial charge in [0.25, 0.3) is 0 Å². The highest BCUT2D eigenvalue weighted by atomic mass is 35.5. The van der Waals surface area contributed by atoms with Crippen molar-refractivity contribution in [3.63, 3.8) is 0 Å². The summed E-state index contributed by atoms with van der Waals surface area (Å²) in [7, 11) is 0. The Bertz CT molecular complexity index is 819. The second-order valence-corrected chi connectivity index (χ2v) is 7.21. The van der Waals surface area contributed by atoms with Crippen molar-refractivity contribution < 1.29 is 19.4 Å². The second kappa shape index (κ2) is 7.17. The van der Waals surface area contributed by atoms with Crippen LogP contribution in [0.4, 0.5) is 0 Å². The minimum atomic E-state index is -0.710. The van der Waals surface area contributed by atoms with Gasteiger partial charge in [-0.2, -0.15) is 0 Å². The lowest BCUT2D eigenvalue weighted by atomic mass is 9.93. The van der Waals surface area contributed by atoms with Crippen LogP contribution >= 0.6 is 11.6 Å². The fourth-order valence-electron chi connectivity index (χ4n) is 3.40. The first-order chi connectivity index (χ1) is 12.6. The minimum Gasteiger partial charge on any atom is -0.492 e. The molecule has 0 radical (unpaired) electrons. The molecule has 5 nitrogen and oxygen atoms in total. The third-order valence-electron chi connectivity index (χ3n) is 5.05. The fourth-order valence-corrected chi connectivity index (χ4v) is 3.59. The number of ether oxygens (including phenoxy) is 2. The van der Waals surface area contributed by atoms with E-state index in [0.717, 1.165) is 29.0 Å². The molecule has 0 aromatic heterocycles. The van der Waals surface area contributed by atoms with E-state index in [4.69, 9.17) is 26.2 Å².